The first-order valence-electron chi connectivity index (χ1n) is 11.1. The highest BCUT2D eigenvalue weighted by Crippen LogP contribution is 2.47. The van der Waals surface area contributed by atoms with Crippen molar-refractivity contribution in [1.29, 1.82) is 0 Å². The molecular weight excluding hydrogens is 390 g/mol. The quantitative estimate of drug-likeness (QED) is 0.326. The number of ether oxygens (including phenoxy) is 1. The number of aromatic nitrogens is 1. The Bertz CT molecular complexity index is 1120. The van der Waals surface area contributed by atoms with Gasteiger partial charge in [0.2, 0.25) is 0 Å². The molecule has 1 heterocycles. The molecule has 2 aliphatic rings. The zero-order chi connectivity index (χ0) is 21.4. The molecule has 6 nitrogen and oxygen atoms in total. The molecule has 0 saturated heterocycles. The predicted octanol–water partition coefficient (Wildman–Crippen LogP) is 4.67. The molecule has 2 fully saturated rings. The van der Waals surface area contributed by atoms with Gasteiger partial charge < -0.3 is 20.8 Å². The van der Waals surface area contributed by atoms with Crippen LogP contribution in [0.5, 0.6) is 5.75 Å². The van der Waals surface area contributed by atoms with Crippen LogP contribution in [0.4, 0.5) is 5.69 Å². The number of anilines is 1. The fourth-order valence-electron chi connectivity index (χ4n) is 4.79. The number of fused-ring (bicyclic) bond motifs is 2. The average molecular weight is 418 g/mol. The van der Waals surface area contributed by atoms with E-state index in [-0.39, 0.29) is 11.9 Å². The van der Waals surface area contributed by atoms with Crippen molar-refractivity contribution < 1.29 is 14.3 Å². The topological polar surface area (TPSA) is 97.2 Å². The number of carbonyl (C=O) groups excluding carboxylic acids is 2. The number of benzene rings is 2. The van der Waals surface area contributed by atoms with Crippen molar-refractivity contribution >= 4 is 28.5 Å². The van der Waals surface area contributed by atoms with Crippen molar-refractivity contribution in [2.75, 3.05) is 5.73 Å². The first kappa shape index (κ1) is 19.7. The van der Waals surface area contributed by atoms with E-state index in [4.69, 9.17) is 10.5 Å². The Hall–Kier alpha value is -3.28. The van der Waals surface area contributed by atoms with Crippen molar-refractivity contribution in [1.82, 2.24) is 10.3 Å². The largest absolute Gasteiger partial charge is 0.422 e. The monoisotopic (exact) mass is 417 g/mol. The summed E-state index contributed by atoms with van der Waals surface area (Å²) < 4.78 is 5.47. The summed E-state index contributed by atoms with van der Waals surface area (Å²) in [6.45, 7) is 0. The van der Waals surface area contributed by atoms with Gasteiger partial charge in [-0.15, -0.1) is 0 Å². The number of carbonyl (C=O) groups is 2. The molecule has 5 rings (SSSR count). The summed E-state index contributed by atoms with van der Waals surface area (Å²) in [5, 5.41) is 4.09. The van der Waals surface area contributed by atoms with Crippen LogP contribution in [0.25, 0.3) is 10.9 Å². The summed E-state index contributed by atoms with van der Waals surface area (Å²) in [4.78, 5) is 28.3. The molecule has 0 spiro atoms. The molecule has 0 bridgehead atoms. The lowest BCUT2D eigenvalue weighted by Crippen LogP contribution is -2.37. The molecule has 0 aliphatic heterocycles. The zero-order valence-electron chi connectivity index (χ0n) is 17.4. The first-order valence-corrected chi connectivity index (χ1v) is 11.1. The fourth-order valence-corrected chi connectivity index (χ4v) is 4.79. The lowest BCUT2D eigenvalue weighted by atomic mass is 9.96. The van der Waals surface area contributed by atoms with Crippen LogP contribution < -0.4 is 15.8 Å². The number of esters is 1. The molecule has 160 valence electrons. The van der Waals surface area contributed by atoms with Crippen molar-refractivity contribution in [2.45, 2.75) is 44.6 Å². The molecule has 1 amide bonds. The SMILES string of the molecule is Nc1ccc2[nH]c(C(=O)Oc3ccc(C(=O)NC4CCCCCC5CC54)cc3)cc2c1. The van der Waals surface area contributed by atoms with Crippen molar-refractivity contribution in [3.05, 3.63) is 59.8 Å². The first-order chi connectivity index (χ1) is 15.1. The second-order valence-corrected chi connectivity index (χ2v) is 8.82. The van der Waals surface area contributed by atoms with E-state index < -0.39 is 5.97 Å². The highest BCUT2D eigenvalue weighted by molar-refractivity contribution is 5.97. The molecule has 3 atom stereocenters. The maximum absolute atomic E-state index is 12.7. The van der Waals surface area contributed by atoms with Crippen molar-refractivity contribution in [3.8, 4) is 5.75 Å². The van der Waals surface area contributed by atoms with Crippen LogP contribution in [0.1, 0.15) is 59.4 Å². The number of rotatable bonds is 4. The van der Waals surface area contributed by atoms with Gasteiger partial charge >= 0.3 is 5.97 Å². The number of nitrogens with two attached hydrogens (primary N) is 1. The standard InChI is InChI=1S/C25H27N3O3/c26-18-8-11-21-17(12-18)14-23(27-21)25(30)31-19-9-6-15(7-10-19)24(29)28-22-5-3-1-2-4-16-13-20(16)22/h6-12,14,16,20,22,27H,1-5,13,26H2,(H,28,29). The molecule has 4 N–H and O–H groups in total. The summed E-state index contributed by atoms with van der Waals surface area (Å²) in [7, 11) is 0. The Morgan fingerprint density at radius 3 is 2.65 bits per heavy atom. The smallest absolute Gasteiger partial charge is 0.360 e. The van der Waals surface area contributed by atoms with Crippen molar-refractivity contribution in [2.24, 2.45) is 11.8 Å². The summed E-state index contributed by atoms with van der Waals surface area (Å²) in [5.74, 6) is 1.31. The van der Waals surface area contributed by atoms with Gasteiger partial charge in [-0.25, -0.2) is 4.79 Å². The minimum atomic E-state index is -0.485. The number of hydrogen-bond donors (Lipinski definition) is 3. The molecule has 3 unspecified atom stereocenters. The van der Waals surface area contributed by atoms with Crippen LogP contribution in [-0.4, -0.2) is 22.9 Å². The van der Waals surface area contributed by atoms with Gasteiger partial charge in [0, 0.05) is 28.2 Å². The van der Waals surface area contributed by atoms with Crippen molar-refractivity contribution in [3.63, 3.8) is 0 Å². The van der Waals surface area contributed by atoms with Crippen LogP contribution in [0.15, 0.2) is 48.5 Å². The minimum Gasteiger partial charge on any atom is -0.422 e. The zero-order valence-corrected chi connectivity index (χ0v) is 17.4. The summed E-state index contributed by atoms with van der Waals surface area (Å²) in [5.41, 5.74) is 8.18. The number of hydrogen-bond acceptors (Lipinski definition) is 4. The highest BCUT2D eigenvalue weighted by atomic mass is 16.5. The number of nitrogens with one attached hydrogen (secondary N) is 2. The number of nitrogen functional groups attached to an aromatic ring is 1. The van der Waals surface area contributed by atoms with Crippen LogP contribution in [0.2, 0.25) is 0 Å². The van der Waals surface area contributed by atoms with E-state index in [2.05, 4.69) is 10.3 Å². The molecule has 2 aromatic carbocycles. The maximum atomic E-state index is 12.7. The molecule has 0 radical (unpaired) electrons. The Morgan fingerprint density at radius 1 is 1.00 bits per heavy atom. The van der Waals surface area contributed by atoms with E-state index in [1.165, 1.54) is 32.1 Å². The number of amides is 1. The van der Waals surface area contributed by atoms with Crippen LogP contribution >= 0.6 is 0 Å². The Balaban J connectivity index is 1.22. The lowest BCUT2D eigenvalue weighted by molar-refractivity contribution is 0.0729. The van der Waals surface area contributed by atoms with E-state index in [1.807, 2.05) is 6.07 Å². The van der Waals surface area contributed by atoms with Gasteiger partial charge in [0.05, 0.1) is 0 Å². The highest BCUT2D eigenvalue weighted by Gasteiger charge is 2.43. The number of H-pyrrole nitrogens is 1. The third-order valence-electron chi connectivity index (χ3n) is 6.59. The second kappa shape index (κ2) is 8.10. The summed E-state index contributed by atoms with van der Waals surface area (Å²) in [6, 6.07) is 14.1. The van der Waals surface area contributed by atoms with E-state index in [0.717, 1.165) is 23.2 Å². The Morgan fingerprint density at radius 2 is 1.81 bits per heavy atom. The van der Waals surface area contributed by atoms with Gasteiger partial charge in [-0.1, -0.05) is 25.7 Å². The van der Waals surface area contributed by atoms with Gasteiger partial charge in [-0.3, -0.25) is 4.79 Å². The van der Waals surface area contributed by atoms with E-state index in [0.29, 0.717) is 28.6 Å². The molecule has 1 aromatic heterocycles. The van der Waals surface area contributed by atoms with Gasteiger partial charge in [0.25, 0.3) is 5.91 Å². The maximum Gasteiger partial charge on any atom is 0.360 e. The van der Waals surface area contributed by atoms with E-state index >= 15 is 0 Å². The third kappa shape index (κ3) is 4.29. The molecule has 3 aromatic rings. The summed E-state index contributed by atoms with van der Waals surface area (Å²) >= 11 is 0. The molecule has 6 heteroatoms. The molecular formula is C25H27N3O3. The normalized spacial score (nSPS) is 22.8. The van der Waals surface area contributed by atoms with Crippen LogP contribution in [-0.2, 0) is 0 Å². The average Bonchev–Trinajstić information content (AvgIpc) is 3.37. The lowest BCUT2D eigenvalue weighted by Gasteiger charge is -2.21. The summed E-state index contributed by atoms with van der Waals surface area (Å²) in [6.07, 6.45) is 7.40. The molecule has 2 saturated carbocycles. The number of aromatic amines is 1. The third-order valence-corrected chi connectivity index (χ3v) is 6.59. The second-order valence-electron chi connectivity index (χ2n) is 8.82. The van der Waals surface area contributed by atoms with Crippen LogP contribution in [0.3, 0.4) is 0 Å². The van der Waals surface area contributed by atoms with Gasteiger partial charge in [-0.2, -0.15) is 0 Å². The Kier molecular flexibility index (Phi) is 5.14. The van der Waals surface area contributed by atoms with E-state index in [1.54, 1.807) is 42.5 Å². The van der Waals surface area contributed by atoms with E-state index in [9.17, 15) is 9.59 Å². The van der Waals surface area contributed by atoms with Crippen LogP contribution in [0, 0.1) is 11.8 Å². The molecule has 2 aliphatic carbocycles. The van der Waals surface area contributed by atoms with Gasteiger partial charge in [-0.05, 0) is 73.2 Å². The Labute approximate surface area is 181 Å². The van der Waals surface area contributed by atoms with Gasteiger partial charge in [0.15, 0.2) is 0 Å². The molecule has 31 heavy (non-hydrogen) atoms. The minimum absolute atomic E-state index is 0.0534. The fraction of sp³-hybridized carbons (Fsp3) is 0.360. The van der Waals surface area contributed by atoms with Gasteiger partial charge in [0.1, 0.15) is 11.4 Å². The predicted molar refractivity (Wildman–Crippen MR) is 120 cm³/mol.